The second-order valence-corrected chi connectivity index (χ2v) is 34.1. The molecule has 4 unspecified atom stereocenters. The van der Waals surface area contributed by atoms with Gasteiger partial charge in [-0.15, -0.1) is 0 Å². The predicted molar refractivity (Wildman–Crippen MR) is 414 cm³/mol. The topological polar surface area (TPSA) is 237 Å². The molecule has 0 aliphatic heterocycles. The maximum absolute atomic E-state index is 13.1. The molecular formula is C82H160O17P2. The van der Waals surface area contributed by atoms with Crippen LogP contribution in [0.3, 0.4) is 0 Å². The van der Waals surface area contributed by atoms with Crippen molar-refractivity contribution in [3.05, 3.63) is 0 Å². The number of rotatable bonds is 79. The van der Waals surface area contributed by atoms with E-state index in [1.165, 1.54) is 218 Å². The molecule has 0 radical (unpaired) electrons. The zero-order chi connectivity index (χ0) is 74.6. The van der Waals surface area contributed by atoms with Gasteiger partial charge in [0.05, 0.1) is 26.4 Å². The molecule has 0 spiro atoms. The summed E-state index contributed by atoms with van der Waals surface area (Å²) in [5.74, 6) is 1.01. The molecule has 0 saturated carbocycles. The van der Waals surface area contributed by atoms with Gasteiger partial charge in [-0.2, -0.15) is 0 Å². The smallest absolute Gasteiger partial charge is 0.462 e. The fraction of sp³-hybridized carbons (Fsp3) is 0.951. The monoisotopic (exact) mass is 1480 g/mol. The Morgan fingerprint density at radius 1 is 0.277 bits per heavy atom. The van der Waals surface area contributed by atoms with Crippen LogP contribution >= 0.6 is 15.6 Å². The number of hydrogen-bond donors (Lipinski definition) is 3. The standard InChI is InChI=1S/C82H160O17P2/c1-9-75(8)61-53-45-37-29-23-16-14-12-10-11-13-15-17-24-31-39-48-56-64-81(86)99-78(69-93-80(85)63-55-47-41-33-36-44-52-60-74(6)7)71-97-101(90,91)95-67-76(83)66-94-100(88,89)96-70-77(68-92-79(84)62-54-46-38-30-26-20-22-28-35-43-51-59-73(4)5)98-82(87)65-57-49-40-32-25-19-18-21-27-34-42-50-58-72(2)3/h72-78,83H,9-71H2,1-8H3,(H,88,89)(H,90,91)/t75?,76?,77-,78-/m1/s1. The van der Waals surface area contributed by atoms with Crippen LogP contribution in [0.1, 0.15) is 421 Å². The molecule has 0 saturated heterocycles. The van der Waals surface area contributed by atoms with Gasteiger partial charge in [-0.3, -0.25) is 37.3 Å². The van der Waals surface area contributed by atoms with Gasteiger partial charge in [0.25, 0.3) is 0 Å². The predicted octanol–water partition coefficient (Wildman–Crippen LogP) is 24.4. The fourth-order valence-corrected chi connectivity index (χ4v) is 14.2. The highest BCUT2D eigenvalue weighted by Crippen LogP contribution is 2.45. The Labute approximate surface area is 619 Å². The second kappa shape index (κ2) is 71.0. The van der Waals surface area contributed by atoms with Gasteiger partial charge in [-0.1, -0.05) is 370 Å². The molecule has 0 rings (SSSR count). The summed E-state index contributed by atoms with van der Waals surface area (Å²) in [6.07, 6.45) is 58.4. The molecule has 600 valence electrons. The van der Waals surface area contributed by atoms with E-state index in [1.807, 2.05) is 0 Å². The molecule has 0 amide bonds. The van der Waals surface area contributed by atoms with Crippen LogP contribution in [0.2, 0.25) is 0 Å². The van der Waals surface area contributed by atoms with E-state index in [-0.39, 0.29) is 25.7 Å². The number of hydrogen-bond acceptors (Lipinski definition) is 15. The average molecular weight is 1480 g/mol. The van der Waals surface area contributed by atoms with Crippen molar-refractivity contribution >= 4 is 39.5 Å². The largest absolute Gasteiger partial charge is 0.472 e. The highest BCUT2D eigenvalue weighted by atomic mass is 31.2. The van der Waals surface area contributed by atoms with Crippen LogP contribution < -0.4 is 0 Å². The number of phosphoric ester groups is 2. The summed E-state index contributed by atoms with van der Waals surface area (Å²) < 4.78 is 68.7. The number of esters is 4. The zero-order valence-corrected chi connectivity index (χ0v) is 68.3. The summed E-state index contributed by atoms with van der Waals surface area (Å²) >= 11 is 0. The number of carbonyl (C=O) groups is 4. The van der Waals surface area contributed by atoms with Crippen molar-refractivity contribution in [1.82, 2.24) is 0 Å². The van der Waals surface area contributed by atoms with Crippen molar-refractivity contribution in [2.24, 2.45) is 23.7 Å². The van der Waals surface area contributed by atoms with E-state index in [9.17, 15) is 43.2 Å². The molecular weight excluding hydrogens is 1320 g/mol. The Morgan fingerprint density at radius 3 is 0.703 bits per heavy atom. The molecule has 0 bridgehead atoms. The van der Waals surface area contributed by atoms with Crippen molar-refractivity contribution in [3.8, 4) is 0 Å². The summed E-state index contributed by atoms with van der Waals surface area (Å²) in [6.45, 7) is 14.3. The molecule has 0 fully saturated rings. The lowest BCUT2D eigenvalue weighted by Gasteiger charge is -2.21. The minimum absolute atomic E-state index is 0.106. The molecule has 0 aliphatic carbocycles. The Morgan fingerprint density at radius 2 is 0.475 bits per heavy atom. The SMILES string of the molecule is CCC(C)CCCCCCCCCCCCCCCCCCCCC(=O)O[C@H](COC(=O)CCCCCCCCCC(C)C)COP(=O)(O)OCC(O)COP(=O)(O)OC[C@@H](COC(=O)CCCCCCCCCCCCCC(C)C)OC(=O)CCCCCCCCCCCCCCC(C)C. The normalized spacial score (nSPS) is 14.3. The number of phosphoric acid groups is 2. The molecule has 0 aromatic carbocycles. The van der Waals surface area contributed by atoms with Crippen LogP contribution in [0, 0.1) is 23.7 Å². The van der Waals surface area contributed by atoms with Gasteiger partial charge in [0, 0.05) is 25.7 Å². The van der Waals surface area contributed by atoms with Crippen LogP contribution in [0.25, 0.3) is 0 Å². The number of ether oxygens (including phenoxy) is 4. The third-order valence-corrected chi connectivity index (χ3v) is 21.3. The van der Waals surface area contributed by atoms with E-state index in [2.05, 4.69) is 55.4 Å². The van der Waals surface area contributed by atoms with E-state index < -0.39 is 97.5 Å². The van der Waals surface area contributed by atoms with Gasteiger partial charge in [0.2, 0.25) is 0 Å². The Bertz CT molecular complexity index is 1970. The van der Waals surface area contributed by atoms with Crippen molar-refractivity contribution in [1.29, 1.82) is 0 Å². The molecule has 0 aromatic rings. The van der Waals surface area contributed by atoms with Gasteiger partial charge in [0.1, 0.15) is 19.3 Å². The Kier molecular flexibility index (Phi) is 69.6. The molecule has 17 nitrogen and oxygen atoms in total. The van der Waals surface area contributed by atoms with E-state index in [1.54, 1.807) is 0 Å². The molecule has 101 heavy (non-hydrogen) atoms. The van der Waals surface area contributed by atoms with E-state index in [0.29, 0.717) is 31.6 Å². The quantitative estimate of drug-likeness (QED) is 0.0222. The van der Waals surface area contributed by atoms with E-state index >= 15 is 0 Å². The van der Waals surface area contributed by atoms with Crippen LogP contribution in [-0.4, -0.2) is 96.7 Å². The first-order valence-electron chi connectivity index (χ1n) is 42.2. The summed E-state index contributed by atoms with van der Waals surface area (Å²) in [5.41, 5.74) is 0. The second-order valence-electron chi connectivity index (χ2n) is 31.2. The fourth-order valence-electron chi connectivity index (χ4n) is 12.6. The van der Waals surface area contributed by atoms with Gasteiger partial charge >= 0.3 is 39.5 Å². The van der Waals surface area contributed by atoms with E-state index in [4.69, 9.17) is 37.0 Å². The van der Waals surface area contributed by atoms with Crippen molar-refractivity contribution in [2.45, 2.75) is 440 Å². The molecule has 0 aromatic heterocycles. The van der Waals surface area contributed by atoms with Crippen LogP contribution in [0.5, 0.6) is 0 Å². The molecule has 19 heteroatoms. The van der Waals surface area contributed by atoms with Crippen molar-refractivity contribution in [2.75, 3.05) is 39.6 Å². The summed E-state index contributed by atoms with van der Waals surface area (Å²) in [7, 11) is -9.92. The molecule has 0 aliphatic rings. The number of aliphatic hydroxyl groups is 1. The van der Waals surface area contributed by atoms with Gasteiger partial charge in [0.15, 0.2) is 12.2 Å². The lowest BCUT2D eigenvalue weighted by molar-refractivity contribution is -0.161. The van der Waals surface area contributed by atoms with Crippen LogP contribution in [0.4, 0.5) is 0 Å². The minimum Gasteiger partial charge on any atom is -0.462 e. The first kappa shape index (κ1) is 99.1. The number of carbonyl (C=O) groups excluding carboxylic acids is 4. The lowest BCUT2D eigenvalue weighted by atomic mass is 9.99. The van der Waals surface area contributed by atoms with Gasteiger partial charge < -0.3 is 33.8 Å². The maximum atomic E-state index is 13.1. The van der Waals surface area contributed by atoms with Crippen molar-refractivity contribution in [3.63, 3.8) is 0 Å². The highest BCUT2D eigenvalue weighted by molar-refractivity contribution is 7.47. The molecule has 6 atom stereocenters. The van der Waals surface area contributed by atoms with Crippen LogP contribution in [-0.2, 0) is 65.4 Å². The highest BCUT2D eigenvalue weighted by Gasteiger charge is 2.30. The molecule has 0 heterocycles. The Balaban J connectivity index is 5.20. The Hall–Kier alpha value is -1.94. The third-order valence-electron chi connectivity index (χ3n) is 19.4. The first-order chi connectivity index (χ1) is 48.6. The summed E-state index contributed by atoms with van der Waals surface area (Å²) in [6, 6.07) is 0. The zero-order valence-electron chi connectivity index (χ0n) is 66.5. The average Bonchev–Trinajstić information content (AvgIpc) is 0.918. The summed E-state index contributed by atoms with van der Waals surface area (Å²) in [5, 5.41) is 10.6. The summed E-state index contributed by atoms with van der Waals surface area (Å²) in [4.78, 5) is 73.0. The van der Waals surface area contributed by atoms with Gasteiger partial charge in [-0.25, -0.2) is 9.13 Å². The number of unbranched alkanes of at least 4 members (excludes halogenated alkanes) is 44. The number of aliphatic hydroxyl groups excluding tert-OH is 1. The lowest BCUT2D eigenvalue weighted by Crippen LogP contribution is -2.30. The van der Waals surface area contributed by atoms with Gasteiger partial charge in [-0.05, 0) is 49.4 Å². The third kappa shape index (κ3) is 74.7. The first-order valence-corrected chi connectivity index (χ1v) is 45.2. The molecule has 3 N–H and O–H groups in total. The van der Waals surface area contributed by atoms with Crippen LogP contribution in [0.15, 0.2) is 0 Å². The van der Waals surface area contributed by atoms with Crippen molar-refractivity contribution < 1.29 is 80.2 Å². The maximum Gasteiger partial charge on any atom is 0.472 e. The van der Waals surface area contributed by atoms with E-state index in [0.717, 1.165) is 114 Å². The minimum atomic E-state index is -4.96.